The number of halogens is 1. The standard InChI is InChI=1S/C18H14FN5O3S/c1-28-15-6-12(8-21-13(15)7-20)24-9-14(25)16(18(27)23-24)17(26)22-11-4-2-10(19)3-5-11/h2-6,8,25H,9H2,1H3,(H,22,26)(H,23,27). The summed E-state index contributed by atoms with van der Waals surface area (Å²) in [4.78, 5) is 29.4. The van der Waals surface area contributed by atoms with Crippen LogP contribution in [0.5, 0.6) is 0 Å². The maximum atomic E-state index is 13.0. The predicted molar refractivity (Wildman–Crippen MR) is 101 cm³/mol. The lowest BCUT2D eigenvalue weighted by Crippen LogP contribution is -2.50. The maximum absolute atomic E-state index is 13.0. The van der Waals surface area contributed by atoms with E-state index in [9.17, 15) is 19.1 Å². The van der Waals surface area contributed by atoms with Gasteiger partial charge in [0.25, 0.3) is 11.8 Å². The van der Waals surface area contributed by atoms with Crippen LogP contribution >= 0.6 is 11.8 Å². The van der Waals surface area contributed by atoms with Crippen molar-refractivity contribution in [1.29, 1.82) is 5.26 Å². The molecule has 0 unspecified atom stereocenters. The molecular weight excluding hydrogens is 385 g/mol. The Kier molecular flexibility index (Phi) is 5.47. The molecule has 1 aliphatic heterocycles. The van der Waals surface area contributed by atoms with Gasteiger partial charge >= 0.3 is 0 Å². The van der Waals surface area contributed by atoms with Gasteiger partial charge in [0.15, 0.2) is 5.69 Å². The van der Waals surface area contributed by atoms with E-state index in [1.54, 1.807) is 12.3 Å². The van der Waals surface area contributed by atoms with E-state index >= 15 is 0 Å². The lowest BCUT2D eigenvalue weighted by Gasteiger charge is -2.29. The molecule has 0 aliphatic carbocycles. The highest BCUT2D eigenvalue weighted by Gasteiger charge is 2.31. The average Bonchev–Trinajstić information content (AvgIpc) is 2.68. The second kappa shape index (κ2) is 7.98. The van der Waals surface area contributed by atoms with Crippen LogP contribution in [0, 0.1) is 17.1 Å². The summed E-state index contributed by atoms with van der Waals surface area (Å²) in [6.07, 6.45) is 3.17. The number of nitrogens with zero attached hydrogens (tertiary/aromatic N) is 3. The maximum Gasteiger partial charge on any atom is 0.278 e. The van der Waals surface area contributed by atoms with Gasteiger partial charge in [-0.05, 0) is 36.6 Å². The molecule has 0 spiro atoms. The fraction of sp³-hybridized carbons (Fsp3) is 0.111. The third-order valence-electron chi connectivity index (χ3n) is 3.86. The van der Waals surface area contributed by atoms with E-state index in [1.807, 2.05) is 6.07 Å². The molecular formula is C18H14FN5O3S. The molecule has 0 radical (unpaired) electrons. The van der Waals surface area contributed by atoms with Crippen molar-refractivity contribution < 1.29 is 19.1 Å². The summed E-state index contributed by atoms with van der Waals surface area (Å²) in [6.45, 7) is -0.167. The number of rotatable bonds is 4. The van der Waals surface area contributed by atoms with E-state index in [1.165, 1.54) is 35.1 Å². The Hall–Kier alpha value is -3.58. The number of aliphatic hydroxyl groups is 1. The van der Waals surface area contributed by atoms with E-state index in [-0.39, 0.29) is 17.9 Å². The zero-order valence-corrected chi connectivity index (χ0v) is 15.4. The number of amides is 2. The van der Waals surface area contributed by atoms with E-state index in [2.05, 4.69) is 15.7 Å². The number of aromatic nitrogens is 1. The summed E-state index contributed by atoms with van der Waals surface area (Å²) >= 11 is 1.32. The Morgan fingerprint density at radius 2 is 2.14 bits per heavy atom. The van der Waals surface area contributed by atoms with Gasteiger partial charge in [-0.2, -0.15) is 5.26 Å². The molecule has 2 aromatic rings. The number of anilines is 2. The monoisotopic (exact) mass is 399 g/mol. The van der Waals surface area contributed by atoms with Crippen LogP contribution in [-0.2, 0) is 9.59 Å². The Labute approximate surface area is 163 Å². The van der Waals surface area contributed by atoms with Crippen LogP contribution in [0.15, 0.2) is 52.8 Å². The number of carbonyl (C=O) groups is 2. The molecule has 0 saturated carbocycles. The second-order valence-corrected chi connectivity index (χ2v) is 6.51. The number of nitriles is 1. The van der Waals surface area contributed by atoms with Crippen molar-refractivity contribution in [2.45, 2.75) is 4.90 Å². The molecule has 3 N–H and O–H groups in total. The third-order valence-corrected chi connectivity index (χ3v) is 4.62. The van der Waals surface area contributed by atoms with Crippen molar-refractivity contribution >= 4 is 35.0 Å². The van der Waals surface area contributed by atoms with Crippen molar-refractivity contribution in [3.8, 4) is 6.07 Å². The van der Waals surface area contributed by atoms with Gasteiger partial charge in [-0.1, -0.05) is 0 Å². The van der Waals surface area contributed by atoms with Gasteiger partial charge in [-0.25, -0.2) is 9.37 Å². The van der Waals surface area contributed by atoms with Gasteiger partial charge in [0, 0.05) is 10.6 Å². The minimum Gasteiger partial charge on any atom is -0.509 e. The first-order valence-corrected chi connectivity index (χ1v) is 9.17. The smallest absolute Gasteiger partial charge is 0.278 e. The summed E-state index contributed by atoms with van der Waals surface area (Å²) < 4.78 is 13.0. The highest BCUT2D eigenvalue weighted by atomic mass is 32.2. The lowest BCUT2D eigenvalue weighted by molar-refractivity contribution is -0.122. The van der Waals surface area contributed by atoms with Crippen LogP contribution in [0.25, 0.3) is 0 Å². The molecule has 142 valence electrons. The number of hydrazine groups is 1. The normalized spacial score (nSPS) is 13.8. The number of thioether (sulfide) groups is 1. The number of hydrogen-bond acceptors (Lipinski definition) is 7. The summed E-state index contributed by atoms with van der Waals surface area (Å²) in [5, 5.41) is 23.1. The number of carbonyl (C=O) groups excluding carboxylic acids is 2. The quantitative estimate of drug-likeness (QED) is 0.532. The van der Waals surface area contributed by atoms with Crippen LogP contribution in [-0.4, -0.2) is 34.7 Å². The summed E-state index contributed by atoms with van der Waals surface area (Å²) in [5.41, 5.74) is 3.04. The highest BCUT2D eigenvalue weighted by Crippen LogP contribution is 2.25. The Morgan fingerprint density at radius 3 is 2.75 bits per heavy atom. The molecule has 1 aromatic heterocycles. The van der Waals surface area contributed by atoms with Crippen molar-refractivity contribution in [2.75, 3.05) is 23.1 Å². The largest absolute Gasteiger partial charge is 0.509 e. The molecule has 28 heavy (non-hydrogen) atoms. The molecule has 10 heteroatoms. The van der Waals surface area contributed by atoms with Crippen molar-refractivity contribution in [2.24, 2.45) is 0 Å². The van der Waals surface area contributed by atoms with E-state index < -0.39 is 29.0 Å². The van der Waals surface area contributed by atoms with E-state index in [0.717, 1.165) is 12.1 Å². The van der Waals surface area contributed by atoms with Gasteiger partial charge in [0.2, 0.25) is 0 Å². The van der Waals surface area contributed by atoms with Crippen LogP contribution in [0.2, 0.25) is 0 Å². The zero-order chi connectivity index (χ0) is 20.3. The molecule has 0 bridgehead atoms. The first-order valence-electron chi connectivity index (χ1n) is 7.94. The van der Waals surface area contributed by atoms with Crippen LogP contribution in [0.1, 0.15) is 5.69 Å². The molecule has 0 fully saturated rings. The number of hydrogen-bond donors (Lipinski definition) is 3. The summed E-state index contributed by atoms with van der Waals surface area (Å²) in [5.74, 6) is -2.52. The van der Waals surface area contributed by atoms with Crippen molar-refractivity contribution in [3.63, 3.8) is 0 Å². The molecule has 1 aliphatic rings. The fourth-order valence-electron chi connectivity index (χ4n) is 2.52. The predicted octanol–water partition coefficient (Wildman–Crippen LogP) is 2.12. The average molecular weight is 399 g/mol. The second-order valence-electron chi connectivity index (χ2n) is 5.67. The van der Waals surface area contributed by atoms with Crippen LogP contribution in [0.4, 0.5) is 15.8 Å². The Balaban J connectivity index is 1.81. The fourth-order valence-corrected chi connectivity index (χ4v) is 3.05. The van der Waals surface area contributed by atoms with Crippen LogP contribution < -0.4 is 15.8 Å². The Bertz CT molecular complexity index is 1020. The third kappa shape index (κ3) is 3.89. The van der Waals surface area contributed by atoms with Crippen molar-refractivity contribution in [3.05, 3.63) is 59.4 Å². The van der Waals surface area contributed by atoms with Gasteiger partial charge in [-0.15, -0.1) is 11.8 Å². The first-order chi connectivity index (χ1) is 13.4. The van der Waals surface area contributed by atoms with Crippen molar-refractivity contribution in [1.82, 2.24) is 10.4 Å². The summed E-state index contributed by atoms with van der Waals surface area (Å²) in [7, 11) is 0. The van der Waals surface area contributed by atoms with Crippen LogP contribution in [0.3, 0.4) is 0 Å². The minimum atomic E-state index is -0.816. The molecule has 1 aromatic carbocycles. The highest BCUT2D eigenvalue weighted by molar-refractivity contribution is 7.98. The molecule has 0 atom stereocenters. The topological polar surface area (TPSA) is 118 Å². The lowest BCUT2D eigenvalue weighted by atomic mass is 10.1. The summed E-state index contributed by atoms with van der Waals surface area (Å²) in [6, 6.07) is 8.61. The number of aliphatic hydroxyl groups excluding tert-OH is 1. The Morgan fingerprint density at radius 1 is 1.43 bits per heavy atom. The van der Waals surface area contributed by atoms with E-state index in [0.29, 0.717) is 10.6 Å². The molecule has 2 heterocycles. The van der Waals surface area contributed by atoms with Gasteiger partial charge in [-0.3, -0.25) is 20.0 Å². The first kappa shape index (κ1) is 19.2. The number of pyridine rings is 1. The van der Waals surface area contributed by atoms with E-state index in [4.69, 9.17) is 5.26 Å². The molecule has 0 saturated heterocycles. The van der Waals surface area contributed by atoms with Gasteiger partial charge < -0.3 is 10.4 Å². The molecule has 8 nitrogen and oxygen atoms in total. The molecule has 2 amide bonds. The number of benzene rings is 1. The van der Waals surface area contributed by atoms with Gasteiger partial charge in [0.05, 0.1) is 18.4 Å². The molecule has 3 rings (SSSR count). The zero-order valence-electron chi connectivity index (χ0n) is 14.6. The van der Waals surface area contributed by atoms with Gasteiger partial charge in [0.1, 0.15) is 23.2 Å². The SMILES string of the molecule is CSc1cc(N2CC(O)=C(C(=O)Nc3ccc(F)cc3)C(=O)N2)cnc1C#N. The number of nitrogens with one attached hydrogen (secondary N) is 2. The minimum absolute atomic E-state index is 0.167.